The zero-order valence-electron chi connectivity index (χ0n) is 24.1. The van der Waals surface area contributed by atoms with E-state index in [4.69, 9.17) is 7.10 Å². The zero-order valence-corrected chi connectivity index (χ0v) is 28.8. The first-order chi connectivity index (χ1) is 19.9. The fourth-order valence-corrected chi connectivity index (χ4v) is 4.37. The number of aromatic nitrogens is 2. The summed E-state index contributed by atoms with van der Waals surface area (Å²) in [7, 11) is 0. The summed E-state index contributed by atoms with van der Waals surface area (Å²) in [5, 5.41) is 4.42. The number of nitrogen functional groups attached to an aromatic ring is 1. The van der Waals surface area contributed by atoms with Crippen molar-refractivity contribution >= 4 is 39.6 Å². The van der Waals surface area contributed by atoms with Crippen LogP contribution < -0.4 is 11.1 Å². The largest absolute Gasteiger partial charge is 0.399 e. The van der Waals surface area contributed by atoms with Crippen molar-refractivity contribution in [3.63, 3.8) is 0 Å². The average molecular weight is 700 g/mol. The molecule has 0 aliphatic heterocycles. The van der Waals surface area contributed by atoms with Crippen LogP contribution in [0.25, 0.3) is 44.3 Å². The summed E-state index contributed by atoms with van der Waals surface area (Å²) in [6.45, 7) is 7.76. The van der Waals surface area contributed by atoms with Crippen LogP contribution in [0.15, 0.2) is 97.1 Å². The number of nitrogens with zero attached hydrogens (tertiary/aromatic N) is 2. The molecule has 2 heterocycles. The van der Waals surface area contributed by atoms with E-state index in [1.54, 1.807) is 12.1 Å². The molecule has 3 N–H and O–H groups in total. The molecule has 42 heavy (non-hydrogen) atoms. The van der Waals surface area contributed by atoms with Crippen LogP contribution in [0.4, 0.5) is 11.4 Å². The van der Waals surface area contributed by atoms with Crippen LogP contribution in [0.1, 0.15) is 12.5 Å². The molecule has 0 saturated carbocycles. The number of anilines is 2. The Balaban J connectivity index is 0.000000227. The molecule has 0 atom stereocenters. The Morgan fingerprint density at radius 1 is 0.738 bits per heavy atom. The van der Waals surface area contributed by atoms with Crippen molar-refractivity contribution < 1.29 is 71.6 Å². The Morgan fingerprint density at radius 3 is 1.79 bits per heavy atom. The average Bonchev–Trinajstić information content (AvgIpc) is 3.00. The van der Waals surface area contributed by atoms with Gasteiger partial charge >= 0.3 is 0 Å². The fourth-order valence-electron chi connectivity index (χ4n) is 4.37. The first-order valence-electron chi connectivity index (χ1n) is 13.4. The summed E-state index contributed by atoms with van der Waals surface area (Å²) in [6, 6.07) is 37.3. The quantitative estimate of drug-likeness (QED) is 0.112. The SMILES string of the molecule is [3H]C(=O)Nc1ccc2nc(-c3cc[c-]c(C[CH2-])c3)ccc2c1.[CH2-]Cc1[c-]ccc(-c2ccc3cc(N)ccc3n2)c1.[Y].[Y]. The van der Waals surface area contributed by atoms with Gasteiger partial charge in [0.05, 0.1) is 11.0 Å². The van der Waals surface area contributed by atoms with Gasteiger partial charge in [-0.05, 0) is 48.5 Å². The molecule has 6 rings (SSSR count). The number of rotatable bonds is 5. The number of benzene rings is 4. The van der Waals surface area contributed by atoms with Gasteiger partial charge in [0, 0.05) is 99.0 Å². The molecule has 0 spiro atoms. The van der Waals surface area contributed by atoms with Gasteiger partial charge in [0.15, 0.2) is 0 Å². The van der Waals surface area contributed by atoms with Crippen LogP contribution in [-0.4, -0.2) is 16.4 Å². The van der Waals surface area contributed by atoms with Crippen LogP contribution in [0.2, 0.25) is 0 Å². The number of hydrogen-bond acceptors (Lipinski definition) is 4. The number of hydrogen-bond donors (Lipinski definition) is 2. The number of fused-ring (bicyclic) bond motifs is 2. The van der Waals surface area contributed by atoms with Crippen molar-refractivity contribution in [1.82, 2.24) is 9.97 Å². The summed E-state index contributed by atoms with van der Waals surface area (Å²) in [5.74, 6) is 0. The van der Waals surface area contributed by atoms with E-state index in [1.807, 2.05) is 72.8 Å². The summed E-state index contributed by atoms with van der Waals surface area (Å²) >= 11 is 0. The predicted molar refractivity (Wildman–Crippen MR) is 164 cm³/mol. The van der Waals surface area contributed by atoms with Crippen LogP contribution in [0, 0.1) is 26.0 Å². The van der Waals surface area contributed by atoms with Crippen molar-refractivity contribution in [2.45, 2.75) is 12.8 Å². The molecule has 4 aromatic carbocycles. The smallest absolute Gasteiger partial charge is 0.211 e. The third-order valence-corrected chi connectivity index (χ3v) is 6.45. The van der Waals surface area contributed by atoms with Gasteiger partial charge < -0.3 is 24.9 Å². The van der Waals surface area contributed by atoms with E-state index in [0.29, 0.717) is 12.1 Å². The second-order valence-corrected chi connectivity index (χ2v) is 9.18. The molecule has 0 unspecified atom stereocenters. The summed E-state index contributed by atoms with van der Waals surface area (Å²) in [5.41, 5.74) is 15.0. The maximum Gasteiger partial charge on any atom is 0.211 e. The normalized spacial score (nSPS) is 10.5. The second kappa shape index (κ2) is 16.1. The second-order valence-electron chi connectivity index (χ2n) is 9.18. The minimum atomic E-state index is -0.829. The van der Waals surface area contributed by atoms with Gasteiger partial charge in [-0.3, -0.25) is 14.8 Å². The molecule has 7 heteroatoms. The molecule has 204 valence electrons. The van der Waals surface area contributed by atoms with Crippen LogP contribution in [0.5, 0.6) is 0 Å². The third-order valence-electron chi connectivity index (χ3n) is 6.45. The fraction of sp³-hybridized carbons (Fsp3) is 0.0571. The molecule has 0 aliphatic rings. The number of nitrogens with two attached hydrogens (primary N) is 1. The van der Waals surface area contributed by atoms with Crippen molar-refractivity contribution in [3.05, 3.63) is 134 Å². The standard InChI is InChI=1S/C18H14N2O.C17H14N2.2Y/c1-2-13-4-3-5-14(10-13)17-8-6-15-11-16(19-12-21)7-9-18(15)20-17;1-2-12-4-3-5-13(10-12)16-8-6-14-11-15(18)7-9-17(14)19-16;;/h3,5-12H,1-2H2,(H,19,21);3,5-11H,1-2,18H2;;/q2*-2;;/i12T;;;. The zero-order chi connectivity index (χ0) is 28.8. The first kappa shape index (κ1) is 32.1. The maximum absolute atomic E-state index is 10.8. The monoisotopic (exact) mass is 700 g/mol. The Morgan fingerprint density at radius 2 is 1.26 bits per heavy atom. The van der Waals surface area contributed by atoms with Crippen LogP contribution in [-0.2, 0) is 83.1 Å². The molecular formula is C35H28N4OY2-4. The van der Waals surface area contributed by atoms with Crippen molar-refractivity contribution in [2.75, 3.05) is 11.1 Å². The van der Waals surface area contributed by atoms with Gasteiger partial charge in [0.1, 0.15) is 1.37 Å². The van der Waals surface area contributed by atoms with E-state index >= 15 is 0 Å². The molecule has 6 aromatic rings. The molecular weight excluding hydrogens is 670 g/mol. The van der Waals surface area contributed by atoms with E-state index in [9.17, 15) is 4.79 Å². The summed E-state index contributed by atoms with van der Waals surface area (Å²) < 4.78 is 6.93. The number of carbonyl (C=O) groups excluding carboxylic acids is 1. The van der Waals surface area contributed by atoms with Gasteiger partial charge in [-0.25, -0.2) is 0 Å². The van der Waals surface area contributed by atoms with Gasteiger partial charge in [-0.15, -0.1) is 11.1 Å². The third kappa shape index (κ3) is 8.39. The van der Waals surface area contributed by atoms with E-state index in [-0.39, 0.29) is 65.4 Å². The summed E-state index contributed by atoms with van der Waals surface area (Å²) in [6.07, 6.45) is 0.598. The van der Waals surface area contributed by atoms with Gasteiger partial charge in [0.25, 0.3) is 0 Å². The summed E-state index contributed by atoms with van der Waals surface area (Å²) in [4.78, 5) is 20.1. The van der Waals surface area contributed by atoms with Crippen molar-refractivity contribution in [2.24, 2.45) is 0 Å². The molecule has 0 fully saturated rings. The number of amides is 1. The van der Waals surface area contributed by atoms with Gasteiger partial charge in [-0.1, -0.05) is 12.1 Å². The molecule has 5 nitrogen and oxygen atoms in total. The van der Waals surface area contributed by atoms with Crippen LogP contribution >= 0.6 is 0 Å². The molecule has 0 bridgehead atoms. The Hall–Kier alpha value is -2.82. The van der Waals surface area contributed by atoms with E-state index in [0.717, 1.165) is 67.6 Å². The molecule has 1 amide bonds. The van der Waals surface area contributed by atoms with Crippen molar-refractivity contribution in [1.29, 1.82) is 0 Å². The Bertz CT molecular complexity index is 1860. The van der Waals surface area contributed by atoms with E-state index in [2.05, 4.69) is 53.4 Å². The van der Waals surface area contributed by atoms with Gasteiger partial charge in [-0.2, -0.15) is 72.5 Å². The van der Waals surface area contributed by atoms with E-state index in [1.165, 1.54) is 0 Å². The number of pyridine rings is 2. The van der Waals surface area contributed by atoms with Crippen molar-refractivity contribution in [3.8, 4) is 22.5 Å². The van der Waals surface area contributed by atoms with Crippen LogP contribution in [0.3, 0.4) is 0 Å². The van der Waals surface area contributed by atoms with Gasteiger partial charge in [0.2, 0.25) is 6.39 Å². The molecule has 0 saturated heterocycles. The Labute approximate surface area is 298 Å². The maximum atomic E-state index is 10.8. The minimum absolute atomic E-state index is 0. The topological polar surface area (TPSA) is 80.9 Å². The number of carbonyl (C=O) groups is 1. The molecule has 2 radical (unpaired) electrons. The first-order valence-corrected chi connectivity index (χ1v) is 12.9. The van der Waals surface area contributed by atoms with E-state index < -0.39 is 6.39 Å². The molecule has 2 aromatic heterocycles. The molecule has 0 aliphatic carbocycles. The Kier molecular flexibility index (Phi) is 12.3. The number of nitrogens with one attached hydrogen (secondary N) is 1. The predicted octanol–water partition coefficient (Wildman–Crippen LogP) is 7.30. The minimum Gasteiger partial charge on any atom is -0.399 e.